The van der Waals surface area contributed by atoms with Crippen molar-refractivity contribution >= 4 is 33.2 Å². The fourth-order valence-corrected chi connectivity index (χ4v) is 3.40. The highest BCUT2D eigenvalue weighted by molar-refractivity contribution is 7.91. The van der Waals surface area contributed by atoms with Gasteiger partial charge in [0.2, 0.25) is 0 Å². The number of aromatic nitrogens is 1. The number of nitrogens with one attached hydrogen (secondary N) is 1. The number of carbonyl (C=O) groups is 1. The minimum Gasteiger partial charge on any atom is -0.370 e. The molecule has 8 heteroatoms. The van der Waals surface area contributed by atoms with Gasteiger partial charge < -0.3 is 10.2 Å². The highest BCUT2D eigenvalue weighted by atomic mass is 35.5. The van der Waals surface area contributed by atoms with E-state index in [1.807, 2.05) is 6.92 Å². The second-order valence-corrected chi connectivity index (χ2v) is 7.23. The molecule has 1 saturated heterocycles. The van der Waals surface area contributed by atoms with Crippen LogP contribution in [0.15, 0.2) is 12.1 Å². The molecule has 1 aliphatic heterocycles. The van der Waals surface area contributed by atoms with E-state index in [9.17, 15) is 13.2 Å². The molecule has 1 aromatic heterocycles. The Morgan fingerprint density at radius 3 is 2.65 bits per heavy atom. The Kier molecular flexibility index (Phi) is 4.49. The summed E-state index contributed by atoms with van der Waals surface area (Å²) < 4.78 is 22.7. The Hall–Kier alpha value is -1.34. The van der Waals surface area contributed by atoms with Crippen molar-refractivity contribution in [1.82, 2.24) is 9.88 Å². The lowest BCUT2D eigenvalue weighted by atomic mass is 10.2. The zero-order valence-electron chi connectivity index (χ0n) is 11.1. The van der Waals surface area contributed by atoms with Crippen LogP contribution >= 0.6 is 11.6 Å². The Morgan fingerprint density at radius 1 is 1.40 bits per heavy atom. The summed E-state index contributed by atoms with van der Waals surface area (Å²) in [6.45, 7) is 3.03. The van der Waals surface area contributed by atoms with Gasteiger partial charge in [-0.25, -0.2) is 13.4 Å². The highest BCUT2D eigenvalue weighted by Crippen LogP contribution is 2.17. The summed E-state index contributed by atoms with van der Waals surface area (Å²) in [5, 5.41) is 3.23. The number of pyridine rings is 1. The van der Waals surface area contributed by atoms with Gasteiger partial charge in [-0.1, -0.05) is 11.6 Å². The molecule has 0 aromatic carbocycles. The smallest absolute Gasteiger partial charge is 0.254 e. The number of carbonyl (C=O) groups excluding carboxylic acids is 1. The first-order valence-electron chi connectivity index (χ1n) is 6.32. The molecule has 2 heterocycles. The van der Waals surface area contributed by atoms with Crippen LogP contribution in [0.5, 0.6) is 0 Å². The summed E-state index contributed by atoms with van der Waals surface area (Å²) in [6.07, 6.45) is 0. The van der Waals surface area contributed by atoms with Crippen molar-refractivity contribution in [3.05, 3.63) is 22.8 Å². The number of amides is 1. The predicted octanol–water partition coefficient (Wildman–Crippen LogP) is 1.04. The molecule has 0 saturated carbocycles. The lowest BCUT2D eigenvalue weighted by Crippen LogP contribution is -2.43. The molecule has 20 heavy (non-hydrogen) atoms. The first-order valence-corrected chi connectivity index (χ1v) is 8.52. The molecular weight excluding hydrogens is 302 g/mol. The van der Waals surface area contributed by atoms with Crippen molar-refractivity contribution in [2.45, 2.75) is 6.92 Å². The maximum absolute atomic E-state index is 12.3. The molecule has 0 bridgehead atoms. The van der Waals surface area contributed by atoms with Gasteiger partial charge in [-0.15, -0.1) is 0 Å². The molecule has 0 radical (unpaired) electrons. The minimum absolute atomic E-state index is 0.0115. The number of hydrogen-bond donors (Lipinski definition) is 1. The zero-order valence-corrected chi connectivity index (χ0v) is 12.7. The minimum atomic E-state index is -3.00. The van der Waals surface area contributed by atoms with Gasteiger partial charge in [0.05, 0.1) is 11.5 Å². The predicted molar refractivity (Wildman–Crippen MR) is 78.0 cm³/mol. The van der Waals surface area contributed by atoms with Crippen molar-refractivity contribution in [1.29, 1.82) is 0 Å². The Balaban J connectivity index is 2.17. The molecule has 0 unspecified atom stereocenters. The molecule has 0 atom stereocenters. The zero-order chi connectivity index (χ0) is 14.8. The van der Waals surface area contributed by atoms with Crippen molar-refractivity contribution in [2.24, 2.45) is 0 Å². The number of anilines is 1. The van der Waals surface area contributed by atoms with Crippen molar-refractivity contribution in [3.8, 4) is 0 Å². The fraction of sp³-hybridized carbons (Fsp3) is 0.500. The molecule has 0 aliphatic carbocycles. The molecule has 1 aliphatic rings. The van der Waals surface area contributed by atoms with Crippen LogP contribution in [0.4, 0.5) is 5.82 Å². The average molecular weight is 318 g/mol. The van der Waals surface area contributed by atoms with Crippen LogP contribution in [0, 0.1) is 0 Å². The Bertz CT molecular complexity index is 604. The van der Waals surface area contributed by atoms with Crippen LogP contribution in [-0.4, -0.2) is 55.3 Å². The largest absolute Gasteiger partial charge is 0.370 e. The maximum Gasteiger partial charge on any atom is 0.254 e. The number of sulfone groups is 1. The van der Waals surface area contributed by atoms with E-state index < -0.39 is 9.84 Å². The van der Waals surface area contributed by atoms with Crippen LogP contribution in [0.2, 0.25) is 5.15 Å². The van der Waals surface area contributed by atoms with Crippen LogP contribution in [0.3, 0.4) is 0 Å². The molecule has 1 fully saturated rings. The molecule has 0 spiro atoms. The summed E-state index contributed by atoms with van der Waals surface area (Å²) in [6, 6.07) is 3.12. The van der Waals surface area contributed by atoms with Crippen molar-refractivity contribution < 1.29 is 13.2 Å². The highest BCUT2D eigenvalue weighted by Gasteiger charge is 2.26. The summed E-state index contributed by atoms with van der Waals surface area (Å²) in [5.41, 5.74) is 0.417. The lowest BCUT2D eigenvalue weighted by Gasteiger charge is -2.26. The third-order valence-electron chi connectivity index (χ3n) is 3.03. The lowest BCUT2D eigenvalue weighted by molar-refractivity contribution is 0.0770. The summed E-state index contributed by atoms with van der Waals surface area (Å²) in [4.78, 5) is 17.9. The maximum atomic E-state index is 12.3. The monoisotopic (exact) mass is 317 g/mol. The molecule has 110 valence electrons. The first-order chi connectivity index (χ1) is 9.41. The van der Waals surface area contributed by atoms with Gasteiger partial charge >= 0.3 is 0 Å². The molecule has 6 nitrogen and oxygen atoms in total. The van der Waals surface area contributed by atoms with Gasteiger partial charge in [0.15, 0.2) is 9.84 Å². The van der Waals surface area contributed by atoms with E-state index >= 15 is 0 Å². The molecule has 1 N–H and O–H groups in total. The Labute approximate surface area is 123 Å². The van der Waals surface area contributed by atoms with Crippen LogP contribution in [0.25, 0.3) is 0 Å². The SMILES string of the molecule is CCNc1cc(C(=O)N2CCS(=O)(=O)CC2)cc(Cl)n1. The second-order valence-electron chi connectivity index (χ2n) is 4.54. The Morgan fingerprint density at radius 2 is 2.05 bits per heavy atom. The van der Waals surface area contributed by atoms with Gasteiger partial charge in [0.1, 0.15) is 11.0 Å². The van der Waals surface area contributed by atoms with Crippen molar-refractivity contribution in [2.75, 3.05) is 36.5 Å². The standard InChI is InChI=1S/C12H16ClN3O3S/c1-2-14-11-8-9(7-10(13)15-11)12(17)16-3-5-20(18,19)6-4-16/h7-8H,2-6H2,1H3,(H,14,15). The van der Waals surface area contributed by atoms with E-state index in [1.165, 1.54) is 11.0 Å². The van der Waals surface area contributed by atoms with E-state index in [0.29, 0.717) is 17.9 Å². The van der Waals surface area contributed by atoms with E-state index in [-0.39, 0.29) is 35.7 Å². The number of hydrogen-bond acceptors (Lipinski definition) is 5. The van der Waals surface area contributed by atoms with E-state index in [4.69, 9.17) is 11.6 Å². The third kappa shape index (κ3) is 3.61. The van der Waals surface area contributed by atoms with Gasteiger partial charge in [0.25, 0.3) is 5.91 Å². The van der Waals surface area contributed by atoms with E-state index in [0.717, 1.165) is 0 Å². The number of nitrogens with zero attached hydrogens (tertiary/aromatic N) is 2. The topological polar surface area (TPSA) is 79.4 Å². The van der Waals surface area contributed by atoms with Gasteiger partial charge in [-0.2, -0.15) is 0 Å². The van der Waals surface area contributed by atoms with Gasteiger partial charge in [0, 0.05) is 25.2 Å². The molecule has 2 rings (SSSR count). The number of rotatable bonds is 3. The van der Waals surface area contributed by atoms with E-state index in [2.05, 4.69) is 10.3 Å². The molecule has 1 aromatic rings. The summed E-state index contributed by atoms with van der Waals surface area (Å²) in [7, 11) is -3.00. The summed E-state index contributed by atoms with van der Waals surface area (Å²) in [5.74, 6) is 0.339. The van der Waals surface area contributed by atoms with Crippen LogP contribution < -0.4 is 5.32 Å². The third-order valence-corrected chi connectivity index (χ3v) is 4.83. The number of halogens is 1. The normalized spacial score (nSPS) is 17.8. The first kappa shape index (κ1) is 15.1. The molecule has 1 amide bonds. The quantitative estimate of drug-likeness (QED) is 0.843. The average Bonchev–Trinajstić information content (AvgIpc) is 2.37. The fourth-order valence-electron chi connectivity index (χ4n) is 1.99. The second kappa shape index (κ2) is 5.97. The van der Waals surface area contributed by atoms with Gasteiger partial charge in [-0.3, -0.25) is 4.79 Å². The van der Waals surface area contributed by atoms with E-state index in [1.54, 1.807) is 6.07 Å². The van der Waals surface area contributed by atoms with Crippen LogP contribution in [-0.2, 0) is 9.84 Å². The van der Waals surface area contributed by atoms with Gasteiger partial charge in [-0.05, 0) is 19.1 Å². The van der Waals surface area contributed by atoms with Crippen molar-refractivity contribution in [3.63, 3.8) is 0 Å². The summed E-state index contributed by atoms with van der Waals surface area (Å²) >= 11 is 5.90. The van der Waals surface area contributed by atoms with Crippen LogP contribution in [0.1, 0.15) is 17.3 Å². The molecular formula is C12H16ClN3O3S.